The van der Waals surface area contributed by atoms with Crippen LogP contribution in [-0.2, 0) is 14.3 Å². The number of unbranched alkanes of at least 4 members (excludes halogenated alkanes) is 27. The van der Waals surface area contributed by atoms with Crippen molar-refractivity contribution < 1.29 is 24.5 Å². The van der Waals surface area contributed by atoms with Crippen LogP contribution in [0.5, 0.6) is 0 Å². The molecule has 0 aliphatic rings. The molecule has 366 valence electrons. The van der Waals surface area contributed by atoms with Gasteiger partial charge in [0.15, 0.2) is 0 Å². The van der Waals surface area contributed by atoms with Crippen LogP contribution in [0.15, 0.2) is 60.8 Å². The summed E-state index contributed by atoms with van der Waals surface area (Å²) in [6, 6.07) is -0.732. The zero-order chi connectivity index (χ0) is 45.9. The van der Waals surface area contributed by atoms with Gasteiger partial charge in [0, 0.05) is 12.8 Å². The molecule has 0 saturated carbocycles. The summed E-state index contributed by atoms with van der Waals surface area (Å²) in [7, 11) is 0. The second kappa shape index (κ2) is 50.6. The van der Waals surface area contributed by atoms with E-state index in [1.54, 1.807) is 0 Å². The van der Waals surface area contributed by atoms with Crippen LogP contribution in [0.2, 0.25) is 0 Å². The topological polar surface area (TPSA) is 95.9 Å². The molecule has 3 unspecified atom stereocenters. The Morgan fingerprint density at radius 2 is 0.825 bits per heavy atom. The van der Waals surface area contributed by atoms with E-state index in [-0.39, 0.29) is 24.9 Å². The Morgan fingerprint density at radius 1 is 0.476 bits per heavy atom. The number of hydrogen-bond acceptors (Lipinski definition) is 5. The molecule has 0 aromatic rings. The van der Waals surface area contributed by atoms with E-state index >= 15 is 0 Å². The SMILES string of the molecule is CC/C=C\C/C=C\C/C=C\C/C=C\C/C=C\CC(CC(=O)NC(CO)C(O)CCCCCCCCCCCCCCCC)OC(=O)CCCCCCCCCCCCCCCCC. The van der Waals surface area contributed by atoms with Crippen LogP contribution in [0.1, 0.15) is 265 Å². The summed E-state index contributed by atoms with van der Waals surface area (Å²) in [5.74, 6) is -0.572. The van der Waals surface area contributed by atoms with Crippen molar-refractivity contribution in [3.05, 3.63) is 60.8 Å². The zero-order valence-electron chi connectivity index (χ0n) is 41.7. The van der Waals surface area contributed by atoms with Crippen molar-refractivity contribution in [3.8, 4) is 0 Å². The molecule has 3 N–H and O–H groups in total. The van der Waals surface area contributed by atoms with E-state index in [1.165, 1.54) is 148 Å². The first-order valence-corrected chi connectivity index (χ1v) is 27.0. The highest BCUT2D eigenvalue weighted by Gasteiger charge is 2.23. The summed E-state index contributed by atoms with van der Waals surface area (Å²) in [5, 5.41) is 23.8. The monoisotopic (exact) mass is 882 g/mol. The first-order valence-electron chi connectivity index (χ1n) is 27.0. The van der Waals surface area contributed by atoms with E-state index in [1.807, 2.05) is 6.08 Å². The largest absolute Gasteiger partial charge is 0.461 e. The lowest BCUT2D eigenvalue weighted by Gasteiger charge is -2.24. The van der Waals surface area contributed by atoms with Gasteiger partial charge in [-0.1, -0.05) is 261 Å². The lowest BCUT2D eigenvalue weighted by Crippen LogP contribution is -2.46. The normalized spacial score (nSPS) is 13.7. The van der Waals surface area contributed by atoms with Gasteiger partial charge < -0.3 is 20.3 Å². The van der Waals surface area contributed by atoms with Gasteiger partial charge in [-0.2, -0.15) is 0 Å². The number of aliphatic hydroxyl groups excluding tert-OH is 2. The fourth-order valence-corrected chi connectivity index (χ4v) is 8.04. The van der Waals surface area contributed by atoms with Crippen molar-refractivity contribution in [3.63, 3.8) is 0 Å². The van der Waals surface area contributed by atoms with Crippen LogP contribution in [0.25, 0.3) is 0 Å². The number of nitrogens with one attached hydrogen (secondary N) is 1. The molecule has 3 atom stereocenters. The Bertz CT molecular complexity index is 1130. The number of rotatable bonds is 48. The van der Waals surface area contributed by atoms with Crippen molar-refractivity contribution >= 4 is 11.9 Å². The Morgan fingerprint density at radius 3 is 1.21 bits per heavy atom. The number of amides is 1. The summed E-state index contributed by atoms with van der Waals surface area (Å²) in [6.45, 7) is 6.36. The van der Waals surface area contributed by atoms with E-state index in [2.05, 4.69) is 80.8 Å². The van der Waals surface area contributed by atoms with Gasteiger partial charge in [0.2, 0.25) is 5.91 Å². The summed E-state index contributed by atoms with van der Waals surface area (Å²) in [4.78, 5) is 26.1. The quantitative estimate of drug-likeness (QED) is 0.0321. The standard InChI is InChI=1S/C57H103NO5/c1-4-7-10-13-16-19-22-25-28-30-33-36-39-42-45-48-53(63-57(62)50-47-44-41-38-35-32-29-26-23-20-17-14-11-8-5-2)51-56(61)58-54(52-59)55(60)49-46-43-40-37-34-31-27-24-21-18-15-12-9-6-3/h7,10,16,19,25,28,33,36,42,45,53-55,59-60H,4-6,8-9,11-15,17-18,20-24,26-27,29-32,34-35,37-41,43-44,46-52H2,1-3H3,(H,58,61)/b10-7-,19-16-,28-25-,36-33-,45-42-. The maximum atomic E-state index is 13.2. The molecule has 0 radical (unpaired) electrons. The Kier molecular flexibility index (Phi) is 48.6. The maximum Gasteiger partial charge on any atom is 0.306 e. The van der Waals surface area contributed by atoms with Crippen molar-refractivity contribution in [2.75, 3.05) is 6.61 Å². The van der Waals surface area contributed by atoms with E-state index in [0.717, 1.165) is 70.6 Å². The molecule has 0 aromatic heterocycles. The number of allylic oxidation sites excluding steroid dienone is 9. The minimum Gasteiger partial charge on any atom is -0.461 e. The van der Waals surface area contributed by atoms with E-state index in [9.17, 15) is 19.8 Å². The molecular weight excluding hydrogens is 779 g/mol. The van der Waals surface area contributed by atoms with Gasteiger partial charge in [-0.05, 0) is 44.9 Å². The summed E-state index contributed by atoms with van der Waals surface area (Å²) in [5.41, 5.74) is 0. The van der Waals surface area contributed by atoms with Crippen LogP contribution in [-0.4, -0.2) is 46.9 Å². The van der Waals surface area contributed by atoms with Crippen LogP contribution in [0.3, 0.4) is 0 Å². The highest BCUT2D eigenvalue weighted by molar-refractivity contribution is 5.77. The minimum absolute atomic E-state index is 0.000978. The molecule has 1 amide bonds. The van der Waals surface area contributed by atoms with Gasteiger partial charge >= 0.3 is 5.97 Å². The fraction of sp³-hybridized carbons (Fsp3) is 0.789. The van der Waals surface area contributed by atoms with E-state index in [4.69, 9.17) is 4.74 Å². The van der Waals surface area contributed by atoms with Crippen molar-refractivity contribution in [1.82, 2.24) is 5.32 Å². The number of aliphatic hydroxyl groups is 2. The minimum atomic E-state index is -0.812. The second-order valence-corrected chi connectivity index (χ2v) is 18.3. The number of esters is 1. The van der Waals surface area contributed by atoms with Crippen molar-refractivity contribution in [1.29, 1.82) is 0 Å². The lowest BCUT2D eigenvalue weighted by molar-refractivity contribution is -0.150. The average Bonchev–Trinajstić information content (AvgIpc) is 3.28. The number of hydrogen-bond donors (Lipinski definition) is 3. The lowest BCUT2D eigenvalue weighted by atomic mass is 10.0. The second-order valence-electron chi connectivity index (χ2n) is 18.3. The summed E-state index contributed by atoms with van der Waals surface area (Å²) in [6.07, 6.45) is 63.0. The van der Waals surface area contributed by atoms with Gasteiger partial charge in [0.25, 0.3) is 0 Å². The Labute approximate surface area is 390 Å². The third-order valence-electron chi connectivity index (χ3n) is 12.1. The van der Waals surface area contributed by atoms with Gasteiger partial charge in [-0.25, -0.2) is 0 Å². The molecule has 0 aromatic carbocycles. The number of carbonyl (C=O) groups excluding carboxylic acids is 2. The van der Waals surface area contributed by atoms with Gasteiger partial charge in [0.05, 0.1) is 25.2 Å². The van der Waals surface area contributed by atoms with E-state index in [0.29, 0.717) is 19.3 Å². The molecule has 0 aliphatic heterocycles. The molecular formula is C57H103NO5. The van der Waals surface area contributed by atoms with E-state index < -0.39 is 18.2 Å². The molecule has 0 saturated heterocycles. The highest BCUT2D eigenvalue weighted by atomic mass is 16.5. The first-order chi connectivity index (χ1) is 31.0. The number of ether oxygens (including phenoxy) is 1. The molecule has 63 heavy (non-hydrogen) atoms. The van der Waals surface area contributed by atoms with Crippen molar-refractivity contribution in [2.24, 2.45) is 0 Å². The zero-order valence-corrected chi connectivity index (χ0v) is 41.7. The van der Waals surface area contributed by atoms with Gasteiger partial charge in [-0.15, -0.1) is 0 Å². The predicted octanol–water partition coefficient (Wildman–Crippen LogP) is 16.4. The molecule has 0 fully saturated rings. The summed E-state index contributed by atoms with van der Waals surface area (Å²) < 4.78 is 5.88. The predicted molar refractivity (Wildman–Crippen MR) is 273 cm³/mol. The van der Waals surface area contributed by atoms with Crippen LogP contribution in [0, 0.1) is 0 Å². The smallest absolute Gasteiger partial charge is 0.306 e. The molecule has 0 aliphatic carbocycles. The first kappa shape index (κ1) is 60.6. The highest BCUT2D eigenvalue weighted by Crippen LogP contribution is 2.17. The third-order valence-corrected chi connectivity index (χ3v) is 12.1. The summed E-state index contributed by atoms with van der Waals surface area (Å²) >= 11 is 0. The molecule has 6 heteroatoms. The Hall–Kier alpha value is -2.44. The molecule has 0 bridgehead atoms. The molecule has 6 nitrogen and oxygen atoms in total. The maximum absolute atomic E-state index is 13.2. The third kappa shape index (κ3) is 45.9. The van der Waals surface area contributed by atoms with Crippen LogP contribution >= 0.6 is 0 Å². The average molecular weight is 882 g/mol. The van der Waals surface area contributed by atoms with Crippen LogP contribution < -0.4 is 5.32 Å². The molecule has 0 rings (SSSR count). The van der Waals surface area contributed by atoms with Crippen molar-refractivity contribution in [2.45, 2.75) is 283 Å². The van der Waals surface area contributed by atoms with Gasteiger partial charge in [0.1, 0.15) is 6.10 Å². The number of carbonyl (C=O) groups is 2. The van der Waals surface area contributed by atoms with Crippen LogP contribution in [0.4, 0.5) is 0 Å². The molecule has 0 spiro atoms. The van der Waals surface area contributed by atoms with Gasteiger partial charge in [-0.3, -0.25) is 9.59 Å². The fourth-order valence-electron chi connectivity index (χ4n) is 8.04. The molecule has 0 heterocycles. The Balaban J connectivity index is 4.68.